The Morgan fingerprint density at radius 1 is 1.35 bits per heavy atom. The van der Waals surface area contributed by atoms with E-state index in [1.807, 2.05) is 6.92 Å². The first-order valence-electron chi connectivity index (χ1n) is 5.14. The molecule has 0 aromatic carbocycles. The molecule has 0 aliphatic rings. The maximum Gasteiger partial charge on any atom is 0.148 e. The van der Waals surface area contributed by atoms with Crippen molar-refractivity contribution in [3.05, 3.63) is 11.9 Å². The number of anilines is 2. The summed E-state index contributed by atoms with van der Waals surface area (Å²) in [6, 6.07) is 0. The summed E-state index contributed by atoms with van der Waals surface area (Å²) in [6.07, 6.45) is 3.15. The molecule has 0 amide bonds. The summed E-state index contributed by atoms with van der Waals surface area (Å²) in [5.41, 5.74) is 3.26. The van der Waals surface area contributed by atoms with E-state index in [4.69, 9.17) is 5.84 Å². The topological polar surface area (TPSA) is 110 Å². The highest BCUT2D eigenvalue weighted by Crippen LogP contribution is 2.16. The minimum absolute atomic E-state index is 0.159. The van der Waals surface area contributed by atoms with Gasteiger partial charge in [-0.05, 0) is 13.3 Å². The summed E-state index contributed by atoms with van der Waals surface area (Å²) >= 11 is 0. The third-order valence-corrected chi connectivity index (χ3v) is 3.24. The number of nitrogen functional groups attached to an aromatic ring is 1. The van der Waals surface area contributed by atoms with E-state index in [0.717, 1.165) is 5.56 Å². The molecule has 0 aliphatic heterocycles. The van der Waals surface area contributed by atoms with Gasteiger partial charge in [0, 0.05) is 18.4 Å². The Labute approximate surface area is 101 Å². The number of aromatic nitrogens is 2. The van der Waals surface area contributed by atoms with Crippen LogP contribution in [0.1, 0.15) is 12.0 Å². The molecule has 8 heteroatoms. The Kier molecular flexibility index (Phi) is 4.64. The molecular formula is C9H17N5O2S. The zero-order valence-corrected chi connectivity index (χ0v) is 10.7. The molecule has 0 bridgehead atoms. The summed E-state index contributed by atoms with van der Waals surface area (Å²) in [5, 5.41) is 3.05. The Hall–Kier alpha value is -1.41. The first-order valence-corrected chi connectivity index (χ1v) is 7.20. The lowest BCUT2D eigenvalue weighted by Gasteiger charge is -2.10. The number of nitrogens with one attached hydrogen (secondary N) is 2. The van der Waals surface area contributed by atoms with Gasteiger partial charge in [0.25, 0.3) is 0 Å². The lowest BCUT2D eigenvalue weighted by Crippen LogP contribution is -2.14. The van der Waals surface area contributed by atoms with Crippen LogP contribution in [-0.2, 0) is 9.84 Å². The van der Waals surface area contributed by atoms with Crippen molar-refractivity contribution >= 4 is 21.5 Å². The fraction of sp³-hybridized carbons (Fsp3) is 0.556. The molecule has 0 saturated heterocycles. The lowest BCUT2D eigenvalue weighted by molar-refractivity contribution is 0.600. The molecule has 1 rings (SSSR count). The fourth-order valence-electron chi connectivity index (χ4n) is 1.32. The van der Waals surface area contributed by atoms with E-state index >= 15 is 0 Å². The first kappa shape index (κ1) is 13.7. The van der Waals surface area contributed by atoms with E-state index in [1.54, 1.807) is 0 Å². The van der Waals surface area contributed by atoms with Gasteiger partial charge in [0.05, 0.1) is 5.75 Å². The molecule has 0 saturated carbocycles. The molecule has 7 nitrogen and oxygen atoms in total. The normalized spacial score (nSPS) is 11.2. The second-order valence-electron chi connectivity index (χ2n) is 3.75. The molecule has 17 heavy (non-hydrogen) atoms. The minimum Gasteiger partial charge on any atom is -0.370 e. The highest BCUT2D eigenvalue weighted by molar-refractivity contribution is 7.90. The van der Waals surface area contributed by atoms with Crippen LogP contribution >= 0.6 is 0 Å². The summed E-state index contributed by atoms with van der Waals surface area (Å²) < 4.78 is 21.9. The van der Waals surface area contributed by atoms with Crippen LogP contribution in [0.2, 0.25) is 0 Å². The number of nitrogens with zero attached hydrogens (tertiary/aromatic N) is 2. The van der Waals surface area contributed by atoms with Crippen molar-refractivity contribution < 1.29 is 8.42 Å². The van der Waals surface area contributed by atoms with Crippen molar-refractivity contribution in [1.29, 1.82) is 0 Å². The highest BCUT2D eigenvalue weighted by atomic mass is 32.2. The summed E-state index contributed by atoms with van der Waals surface area (Å²) in [4.78, 5) is 8.00. The summed E-state index contributed by atoms with van der Waals surface area (Å²) in [5.74, 6) is 6.64. The zero-order valence-electron chi connectivity index (χ0n) is 9.90. The van der Waals surface area contributed by atoms with Gasteiger partial charge in [-0.3, -0.25) is 0 Å². The number of sulfone groups is 1. The fourth-order valence-corrected chi connectivity index (χ4v) is 1.98. The predicted molar refractivity (Wildman–Crippen MR) is 67.4 cm³/mol. The number of hydrogen-bond acceptors (Lipinski definition) is 7. The van der Waals surface area contributed by atoms with Crippen molar-refractivity contribution in [3.8, 4) is 0 Å². The van der Waals surface area contributed by atoms with Crippen molar-refractivity contribution in [3.63, 3.8) is 0 Å². The molecule has 1 aromatic heterocycles. The summed E-state index contributed by atoms with van der Waals surface area (Å²) in [6.45, 7) is 2.36. The summed E-state index contributed by atoms with van der Waals surface area (Å²) in [7, 11) is -2.91. The van der Waals surface area contributed by atoms with Crippen molar-refractivity contribution in [1.82, 2.24) is 9.97 Å². The standard InChI is InChI=1S/C9H17N5O2S/c1-7-8(12-6-13-9(7)14-10)11-4-3-5-17(2,15)16/h6H,3-5,10H2,1-2H3,(H2,11,12,13,14). The number of hydrogen-bond donors (Lipinski definition) is 3. The van der Waals surface area contributed by atoms with E-state index in [1.165, 1.54) is 12.6 Å². The Morgan fingerprint density at radius 3 is 2.59 bits per heavy atom. The van der Waals surface area contributed by atoms with Crippen LogP contribution in [0.3, 0.4) is 0 Å². The molecule has 0 aliphatic carbocycles. The molecule has 1 heterocycles. The van der Waals surface area contributed by atoms with Crippen LogP contribution in [0, 0.1) is 6.92 Å². The van der Waals surface area contributed by atoms with Gasteiger partial charge in [-0.25, -0.2) is 24.2 Å². The van der Waals surface area contributed by atoms with E-state index in [2.05, 4.69) is 20.7 Å². The first-order chi connectivity index (χ1) is 7.94. The maximum absolute atomic E-state index is 10.9. The van der Waals surface area contributed by atoms with Crippen LogP contribution in [0.15, 0.2) is 6.33 Å². The van der Waals surface area contributed by atoms with E-state index in [0.29, 0.717) is 24.6 Å². The molecule has 1 aromatic rings. The van der Waals surface area contributed by atoms with E-state index < -0.39 is 9.84 Å². The third-order valence-electron chi connectivity index (χ3n) is 2.21. The zero-order chi connectivity index (χ0) is 12.9. The van der Waals surface area contributed by atoms with Gasteiger partial charge in [0.1, 0.15) is 27.8 Å². The average molecular weight is 259 g/mol. The van der Waals surface area contributed by atoms with Gasteiger partial charge in [-0.15, -0.1) is 0 Å². The number of hydrazine groups is 1. The molecule has 0 atom stereocenters. The lowest BCUT2D eigenvalue weighted by atomic mass is 10.3. The van der Waals surface area contributed by atoms with Gasteiger partial charge in [-0.2, -0.15) is 0 Å². The molecule has 0 spiro atoms. The molecule has 0 unspecified atom stereocenters. The Morgan fingerprint density at radius 2 is 2.00 bits per heavy atom. The smallest absolute Gasteiger partial charge is 0.148 e. The molecular weight excluding hydrogens is 242 g/mol. The van der Waals surface area contributed by atoms with Crippen molar-refractivity contribution in [2.75, 3.05) is 29.3 Å². The highest BCUT2D eigenvalue weighted by Gasteiger charge is 2.06. The Bertz CT molecular complexity index is 474. The minimum atomic E-state index is -2.91. The van der Waals surface area contributed by atoms with E-state index in [-0.39, 0.29) is 5.75 Å². The quantitative estimate of drug-likeness (QED) is 0.372. The third kappa shape index (κ3) is 4.53. The SMILES string of the molecule is Cc1c(NN)ncnc1NCCCS(C)(=O)=O. The average Bonchev–Trinajstić information content (AvgIpc) is 2.25. The van der Waals surface area contributed by atoms with Crippen molar-refractivity contribution in [2.24, 2.45) is 5.84 Å². The number of rotatable bonds is 6. The maximum atomic E-state index is 10.9. The van der Waals surface area contributed by atoms with Gasteiger partial charge < -0.3 is 10.7 Å². The second-order valence-corrected chi connectivity index (χ2v) is 6.01. The van der Waals surface area contributed by atoms with Gasteiger partial charge in [0.2, 0.25) is 0 Å². The van der Waals surface area contributed by atoms with Crippen LogP contribution in [0.4, 0.5) is 11.6 Å². The molecule has 0 radical (unpaired) electrons. The van der Waals surface area contributed by atoms with E-state index in [9.17, 15) is 8.42 Å². The Balaban J connectivity index is 2.52. The van der Waals surface area contributed by atoms with Gasteiger partial charge in [-0.1, -0.05) is 0 Å². The second kappa shape index (κ2) is 5.78. The largest absolute Gasteiger partial charge is 0.370 e. The van der Waals surface area contributed by atoms with Crippen LogP contribution in [0.25, 0.3) is 0 Å². The monoisotopic (exact) mass is 259 g/mol. The van der Waals surface area contributed by atoms with Crippen LogP contribution < -0.4 is 16.6 Å². The molecule has 96 valence electrons. The van der Waals surface area contributed by atoms with Gasteiger partial charge >= 0.3 is 0 Å². The van der Waals surface area contributed by atoms with Gasteiger partial charge in [0.15, 0.2) is 0 Å². The predicted octanol–water partition coefficient (Wildman–Crippen LogP) is -0.0828. The molecule has 4 N–H and O–H groups in total. The molecule has 0 fully saturated rings. The number of nitrogens with two attached hydrogens (primary N) is 1. The van der Waals surface area contributed by atoms with Crippen molar-refractivity contribution in [2.45, 2.75) is 13.3 Å². The van der Waals surface area contributed by atoms with Crippen LogP contribution in [0.5, 0.6) is 0 Å². The van der Waals surface area contributed by atoms with Crippen LogP contribution in [-0.4, -0.2) is 36.9 Å².